The molecule has 0 amide bonds. The summed E-state index contributed by atoms with van der Waals surface area (Å²) in [6.07, 6.45) is 2.91. The lowest BCUT2D eigenvalue weighted by Gasteiger charge is -2.10. The van der Waals surface area contributed by atoms with Crippen LogP contribution in [0.3, 0.4) is 0 Å². The molecule has 0 fully saturated rings. The summed E-state index contributed by atoms with van der Waals surface area (Å²) >= 11 is 0. The summed E-state index contributed by atoms with van der Waals surface area (Å²) in [5.74, 6) is -1.20. The predicted molar refractivity (Wildman–Crippen MR) is 59.9 cm³/mol. The molecule has 0 aliphatic carbocycles. The molecule has 0 aliphatic rings. The van der Waals surface area contributed by atoms with Crippen LogP contribution in [-0.4, -0.2) is 35.1 Å². The van der Waals surface area contributed by atoms with Crippen molar-refractivity contribution in [1.82, 2.24) is 14.3 Å². The third kappa shape index (κ3) is 3.27. The number of nitrogens with zero attached hydrogens (tertiary/aromatic N) is 2. The molecular weight excluding hydrogens is 246 g/mol. The molecule has 1 heterocycles. The molecule has 0 aromatic carbocycles. The van der Waals surface area contributed by atoms with E-state index in [9.17, 15) is 13.2 Å². The Bertz CT molecular complexity index is 494. The summed E-state index contributed by atoms with van der Waals surface area (Å²) in [6, 6.07) is -1.13. The normalized spacial score (nSPS) is 13.5. The van der Waals surface area contributed by atoms with Crippen LogP contribution >= 0.6 is 0 Å². The number of rotatable bonds is 6. The molecule has 17 heavy (non-hydrogen) atoms. The van der Waals surface area contributed by atoms with Crippen molar-refractivity contribution in [2.24, 2.45) is 0 Å². The van der Waals surface area contributed by atoms with Gasteiger partial charge in [0.1, 0.15) is 6.04 Å². The fourth-order valence-electron chi connectivity index (χ4n) is 1.21. The number of carbonyl (C=O) groups is 1. The summed E-state index contributed by atoms with van der Waals surface area (Å²) in [7, 11) is -3.87. The van der Waals surface area contributed by atoms with Crippen molar-refractivity contribution in [3.63, 3.8) is 0 Å². The van der Waals surface area contributed by atoms with Gasteiger partial charge < -0.3 is 9.67 Å². The molecule has 2 N–H and O–H groups in total. The van der Waals surface area contributed by atoms with Gasteiger partial charge in [-0.1, -0.05) is 6.92 Å². The van der Waals surface area contributed by atoms with E-state index in [0.29, 0.717) is 6.54 Å². The molecule has 8 heteroatoms. The Hall–Kier alpha value is -1.41. The van der Waals surface area contributed by atoms with Crippen molar-refractivity contribution in [3.8, 4) is 0 Å². The Morgan fingerprint density at radius 1 is 1.59 bits per heavy atom. The molecule has 0 saturated heterocycles. The number of aryl methyl sites for hydroxylation is 1. The summed E-state index contributed by atoms with van der Waals surface area (Å²) in [6.45, 7) is 4.03. The Labute approximate surface area is 99.5 Å². The number of hydrogen-bond acceptors (Lipinski definition) is 4. The molecule has 0 aliphatic heterocycles. The van der Waals surface area contributed by atoms with Gasteiger partial charge in [0, 0.05) is 12.7 Å². The fourth-order valence-corrected chi connectivity index (χ4v) is 2.43. The molecule has 1 aromatic heterocycles. The van der Waals surface area contributed by atoms with Crippen LogP contribution in [0.25, 0.3) is 0 Å². The van der Waals surface area contributed by atoms with Gasteiger partial charge in [0.2, 0.25) is 0 Å². The second-order valence-electron chi connectivity index (χ2n) is 3.46. The van der Waals surface area contributed by atoms with Gasteiger partial charge in [-0.05, 0) is 13.3 Å². The molecule has 0 saturated carbocycles. The first-order chi connectivity index (χ1) is 7.90. The van der Waals surface area contributed by atoms with Crippen molar-refractivity contribution in [3.05, 3.63) is 12.5 Å². The molecule has 96 valence electrons. The molecule has 0 unspecified atom stereocenters. The Kier molecular flexibility index (Phi) is 4.24. The Morgan fingerprint density at radius 2 is 2.24 bits per heavy atom. The van der Waals surface area contributed by atoms with Crippen LogP contribution in [0.2, 0.25) is 0 Å². The van der Waals surface area contributed by atoms with Crippen molar-refractivity contribution in [2.45, 2.75) is 37.9 Å². The minimum absolute atomic E-state index is 0.168. The molecule has 0 bridgehead atoms. The number of carboxylic acid groups (broad SMARTS) is 1. The van der Waals surface area contributed by atoms with E-state index in [4.69, 9.17) is 5.11 Å². The maximum Gasteiger partial charge on any atom is 0.321 e. The van der Waals surface area contributed by atoms with E-state index < -0.39 is 22.0 Å². The highest BCUT2D eigenvalue weighted by molar-refractivity contribution is 7.89. The van der Waals surface area contributed by atoms with Crippen LogP contribution < -0.4 is 4.72 Å². The fraction of sp³-hybridized carbons (Fsp3) is 0.556. The first kappa shape index (κ1) is 13.7. The van der Waals surface area contributed by atoms with E-state index >= 15 is 0 Å². The molecule has 7 nitrogen and oxygen atoms in total. The van der Waals surface area contributed by atoms with Crippen LogP contribution in [0.5, 0.6) is 0 Å². The van der Waals surface area contributed by atoms with E-state index in [2.05, 4.69) is 9.71 Å². The maximum absolute atomic E-state index is 11.8. The number of imidazole rings is 1. The van der Waals surface area contributed by atoms with Gasteiger partial charge in [0.25, 0.3) is 10.0 Å². The van der Waals surface area contributed by atoms with Crippen molar-refractivity contribution in [1.29, 1.82) is 0 Å². The van der Waals surface area contributed by atoms with Crippen LogP contribution in [0, 0.1) is 0 Å². The highest BCUT2D eigenvalue weighted by Crippen LogP contribution is 2.07. The van der Waals surface area contributed by atoms with Gasteiger partial charge in [-0.25, -0.2) is 13.4 Å². The molecular formula is C9H15N3O4S. The molecule has 1 atom stereocenters. The number of carboxylic acids is 1. The second kappa shape index (κ2) is 5.28. The topological polar surface area (TPSA) is 101 Å². The third-order valence-electron chi connectivity index (χ3n) is 2.25. The quantitative estimate of drug-likeness (QED) is 0.753. The number of nitrogens with one attached hydrogen (secondary N) is 1. The van der Waals surface area contributed by atoms with Gasteiger partial charge >= 0.3 is 5.97 Å². The molecule has 1 rings (SSSR count). The average molecular weight is 261 g/mol. The minimum Gasteiger partial charge on any atom is -0.480 e. The highest BCUT2D eigenvalue weighted by Gasteiger charge is 2.25. The maximum atomic E-state index is 11.8. The summed E-state index contributed by atoms with van der Waals surface area (Å²) in [5.41, 5.74) is 0. The second-order valence-corrected chi connectivity index (χ2v) is 5.12. The van der Waals surface area contributed by atoms with Crippen LogP contribution in [0.1, 0.15) is 20.3 Å². The average Bonchev–Trinajstić information content (AvgIpc) is 2.74. The first-order valence-corrected chi connectivity index (χ1v) is 6.66. The Morgan fingerprint density at radius 3 is 2.65 bits per heavy atom. The molecule has 1 aromatic rings. The number of sulfonamides is 1. The van der Waals surface area contributed by atoms with E-state index in [1.54, 1.807) is 11.5 Å². The lowest BCUT2D eigenvalue weighted by Crippen LogP contribution is -2.40. The molecule has 0 spiro atoms. The van der Waals surface area contributed by atoms with Crippen molar-refractivity contribution >= 4 is 16.0 Å². The predicted octanol–water partition coefficient (Wildman–Crippen LogP) is 0.0445. The van der Waals surface area contributed by atoms with E-state index in [-0.39, 0.29) is 11.4 Å². The lowest BCUT2D eigenvalue weighted by atomic mass is 10.2. The third-order valence-corrected chi connectivity index (χ3v) is 3.61. The standard InChI is InChI=1S/C9H15N3O4S/c1-3-7(9(13)14)11-17(15,16)8-5-12(4-2)6-10-8/h5-7,11H,3-4H2,1-2H3,(H,13,14)/t7-/m0/s1. The Balaban J connectivity index is 2.91. The zero-order valence-electron chi connectivity index (χ0n) is 9.62. The van der Waals surface area contributed by atoms with Crippen LogP contribution in [-0.2, 0) is 21.4 Å². The minimum atomic E-state index is -3.87. The van der Waals surface area contributed by atoms with Gasteiger partial charge in [0.15, 0.2) is 5.03 Å². The van der Waals surface area contributed by atoms with Crippen LogP contribution in [0.15, 0.2) is 17.6 Å². The lowest BCUT2D eigenvalue weighted by molar-refractivity contribution is -0.139. The summed E-state index contributed by atoms with van der Waals surface area (Å²) < 4.78 is 27.3. The van der Waals surface area contributed by atoms with Gasteiger partial charge in [-0.3, -0.25) is 4.79 Å². The smallest absolute Gasteiger partial charge is 0.321 e. The molecule has 0 radical (unpaired) electrons. The summed E-state index contributed by atoms with van der Waals surface area (Å²) in [4.78, 5) is 14.5. The van der Waals surface area contributed by atoms with E-state index in [1.165, 1.54) is 12.5 Å². The zero-order valence-corrected chi connectivity index (χ0v) is 10.4. The number of hydrogen-bond donors (Lipinski definition) is 2. The van der Waals surface area contributed by atoms with E-state index in [1.807, 2.05) is 6.92 Å². The van der Waals surface area contributed by atoms with Crippen molar-refractivity contribution < 1.29 is 18.3 Å². The number of aromatic nitrogens is 2. The van der Waals surface area contributed by atoms with Crippen LogP contribution in [0.4, 0.5) is 0 Å². The SMILES string of the molecule is CC[C@H](NS(=O)(=O)c1cn(CC)cn1)C(=O)O. The number of aliphatic carboxylic acids is 1. The summed E-state index contributed by atoms with van der Waals surface area (Å²) in [5, 5.41) is 8.61. The first-order valence-electron chi connectivity index (χ1n) is 5.17. The zero-order chi connectivity index (χ0) is 13.1. The van der Waals surface area contributed by atoms with Crippen molar-refractivity contribution in [2.75, 3.05) is 0 Å². The van der Waals surface area contributed by atoms with Gasteiger partial charge in [0.05, 0.1) is 6.33 Å². The van der Waals surface area contributed by atoms with E-state index in [0.717, 1.165) is 0 Å². The highest BCUT2D eigenvalue weighted by atomic mass is 32.2. The van der Waals surface area contributed by atoms with Gasteiger partial charge in [-0.2, -0.15) is 4.72 Å². The van der Waals surface area contributed by atoms with Gasteiger partial charge in [-0.15, -0.1) is 0 Å². The largest absolute Gasteiger partial charge is 0.480 e. The monoisotopic (exact) mass is 261 g/mol.